The number of anilines is 1. The predicted octanol–water partition coefficient (Wildman–Crippen LogP) is 3.18. The normalized spacial score (nSPS) is 12.2. The molecule has 1 rings (SSSR count). The van der Waals surface area contributed by atoms with Crippen LogP contribution in [-0.4, -0.2) is 11.0 Å². The third-order valence-electron chi connectivity index (χ3n) is 2.26. The number of rotatable bonds is 4. The summed E-state index contributed by atoms with van der Waals surface area (Å²) in [5, 5.41) is 3.99. The molecule has 82 valence electrons. The monoisotopic (exact) mass is 242 g/mol. The Morgan fingerprint density at radius 1 is 1.60 bits per heavy atom. The molecule has 1 aromatic rings. The van der Waals surface area contributed by atoms with Crippen LogP contribution >= 0.6 is 23.8 Å². The third-order valence-corrected chi connectivity index (χ3v) is 2.72. The van der Waals surface area contributed by atoms with Crippen molar-refractivity contribution in [2.75, 3.05) is 5.32 Å². The number of halogens is 1. The van der Waals surface area contributed by atoms with Crippen molar-refractivity contribution in [3.63, 3.8) is 0 Å². The molecule has 1 aromatic carbocycles. The average molecular weight is 243 g/mol. The lowest BCUT2D eigenvalue weighted by Gasteiger charge is -2.16. The van der Waals surface area contributed by atoms with Crippen LogP contribution in [0.25, 0.3) is 0 Å². The van der Waals surface area contributed by atoms with Gasteiger partial charge in [-0.3, -0.25) is 0 Å². The van der Waals surface area contributed by atoms with Crippen LogP contribution in [-0.2, 0) is 0 Å². The summed E-state index contributed by atoms with van der Waals surface area (Å²) >= 11 is 10.9. The standard InChI is InChI=1S/C11H15ClN2S/c1-3-7(2)14-10-5-4-8(12)6-9(10)11(13)15/h4-7,14H,3H2,1-2H3,(H2,13,15). The molecule has 0 aliphatic rings. The molecule has 2 nitrogen and oxygen atoms in total. The summed E-state index contributed by atoms with van der Waals surface area (Å²) in [4.78, 5) is 0.364. The van der Waals surface area contributed by atoms with Crippen molar-refractivity contribution < 1.29 is 0 Å². The minimum Gasteiger partial charge on any atom is -0.389 e. The fourth-order valence-corrected chi connectivity index (χ4v) is 1.55. The third kappa shape index (κ3) is 3.36. The summed E-state index contributed by atoms with van der Waals surface area (Å²) in [7, 11) is 0. The molecule has 1 atom stereocenters. The molecule has 0 aliphatic carbocycles. The van der Waals surface area contributed by atoms with Gasteiger partial charge in [-0.15, -0.1) is 0 Å². The Morgan fingerprint density at radius 3 is 2.80 bits per heavy atom. The van der Waals surface area contributed by atoms with E-state index in [4.69, 9.17) is 29.6 Å². The van der Waals surface area contributed by atoms with Crippen molar-refractivity contribution in [1.82, 2.24) is 0 Å². The molecule has 0 saturated carbocycles. The highest BCUT2D eigenvalue weighted by atomic mass is 35.5. The number of nitrogens with one attached hydrogen (secondary N) is 1. The van der Waals surface area contributed by atoms with E-state index in [0.717, 1.165) is 17.7 Å². The van der Waals surface area contributed by atoms with Crippen molar-refractivity contribution in [2.45, 2.75) is 26.3 Å². The molecule has 4 heteroatoms. The molecule has 0 saturated heterocycles. The maximum absolute atomic E-state index is 5.89. The molecule has 0 fully saturated rings. The molecule has 0 bridgehead atoms. The zero-order valence-electron chi connectivity index (χ0n) is 8.88. The van der Waals surface area contributed by atoms with Crippen LogP contribution in [0.4, 0.5) is 5.69 Å². The van der Waals surface area contributed by atoms with E-state index < -0.39 is 0 Å². The molecular formula is C11H15ClN2S. The summed E-state index contributed by atoms with van der Waals surface area (Å²) < 4.78 is 0. The minimum atomic E-state index is 0.364. The molecular weight excluding hydrogens is 228 g/mol. The van der Waals surface area contributed by atoms with Gasteiger partial charge >= 0.3 is 0 Å². The van der Waals surface area contributed by atoms with Gasteiger partial charge in [0, 0.05) is 22.3 Å². The molecule has 1 unspecified atom stereocenters. The van der Waals surface area contributed by atoms with E-state index in [1.165, 1.54) is 0 Å². The minimum absolute atomic E-state index is 0.364. The number of hydrogen-bond donors (Lipinski definition) is 2. The topological polar surface area (TPSA) is 38.0 Å². The van der Waals surface area contributed by atoms with Crippen LogP contribution in [0, 0.1) is 0 Å². The maximum atomic E-state index is 5.89. The van der Waals surface area contributed by atoms with Crippen molar-refractivity contribution in [3.8, 4) is 0 Å². The first-order chi connectivity index (χ1) is 7.04. The predicted molar refractivity (Wildman–Crippen MR) is 70.7 cm³/mol. The molecule has 0 amide bonds. The highest BCUT2D eigenvalue weighted by Crippen LogP contribution is 2.21. The second-order valence-corrected chi connectivity index (χ2v) is 4.38. The number of thiocarbonyl (C=S) groups is 1. The van der Waals surface area contributed by atoms with Crippen LogP contribution in [0.3, 0.4) is 0 Å². The first kappa shape index (κ1) is 12.3. The lowest BCUT2D eigenvalue weighted by Crippen LogP contribution is -2.18. The zero-order valence-corrected chi connectivity index (χ0v) is 10.5. The fourth-order valence-electron chi connectivity index (χ4n) is 1.21. The largest absolute Gasteiger partial charge is 0.389 e. The number of nitrogens with two attached hydrogens (primary N) is 1. The molecule has 0 heterocycles. The van der Waals surface area contributed by atoms with Gasteiger partial charge in [-0.2, -0.15) is 0 Å². The molecule has 15 heavy (non-hydrogen) atoms. The van der Waals surface area contributed by atoms with Crippen molar-refractivity contribution in [2.24, 2.45) is 5.73 Å². The molecule has 0 spiro atoms. The Morgan fingerprint density at radius 2 is 2.27 bits per heavy atom. The summed E-state index contributed by atoms with van der Waals surface area (Å²) in [6.07, 6.45) is 1.04. The van der Waals surface area contributed by atoms with Crippen molar-refractivity contribution in [3.05, 3.63) is 28.8 Å². The maximum Gasteiger partial charge on any atom is 0.106 e. The Labute approximate surface area is 101 Å². The Kier molecular flexibility index (Phi) is 4.36. The first-order valence-corrected chi connectivity index (χ1v) is 5.69. The summed E-state index contributed by atoms with van der Waals surface area (Å²) in [6.45, 7) is 4.23. The van der Waals surface area contributed by atoms with Gasteiger partial charge in [0.25, 0.3) is 0 Å². The van der Waals surface area contributed by atoms with Crippen molar-refractivity contribution >= 4 is 34.5 Å². The lowest BCUT2D eigenvalue weighted by atomic mass is 10.1. The Balaban J connectivity index is 3.01. The highest BCUT2D eigenvalue weighted by Gasteiger charge is 2.07. The van der Waals surface area contributed by atoms with E-state index in [2.05, 4.69) is 19.2 Å². The molecule has 3 N–H and O–H groups in total. The number of hydrogen-bond acceptors (Lipinski definition) is 2. The summed E-state index contributed by atoms with van der Waals surface area (Å²) in [5.74, 6) is 0. The fraction of sp³-hybridized carbons (Fsp3) is 0.364. The van der Waals surface area contributed by atoms with Crippen LogP contribution < -0.4 is 11.1 Å². The molecule has 0 radical (unpaired) electrons. The van der Waals surface area contributed by atoms with Gasteiger partial charge in [0.05, 0.1) is 0 Å². The summed E-state index contributed by atoms with van der Waals surface area (Å²) in [6, 6.07) is 5.91. The van der Waals surface area contributed by atoms with Crippen LogP contribution in [0.5, 0.6) is 0 Å². The van der Waals surface area contributed by atoms with E-state index in [0.29, 0.717) is 16.1 Å². The van der Waals surface area contributed by atoms with E-state index in [-0.39, 0.29) is 0 Å². The zero-order chi connectivity index (χ0) is 11.4. The first-order valence-electron chi connectivity index (χ1n) is 4.90. The smallest absolute Gasteiger partial charge is 0.106 e. The summed E-state index contributed by atoms with van der Waals surface area (Å²) in [5.41, 5.74) is 7.38. The molecule has 0 aliphatic heterocycles. The SMILES string of the molecule is CCC(C)Nc1ccc(Cl)cc1C(N)=S. The van der Waals surface area contributed by atoms with Gasteiger partial charge in [-0.05, 0) is 31.5 Å². The molecule has 0 aromatic heterocycles. The van der Waals surface area contributed by atoms with Gasteiger partial charge in [-0.1, -0.05) is 30.7 Å². The number of benzene rings is 1. The van der Waals surface area contributed by atoms with E-state index >= 15 is 0 Å². The van der Waals surface area contributed by atoms with E-state index in [9.17, 15) is 0 Å². The Bertz CT molecular complexity index is 366. The van der Waals surface area contributed by atoms with Crippen molar-refractivity contribution in [1.29, 1.82) is 0 Å². The van der Waals surface area contributed by atoms with Gasteiger partial charge in [0.1, 0.15) is 4.99 Å². The van der Waals surface area contributed by atoms with E-state index in [1.54, 1.807) is 6.07 Å². The van der Waals surface area contributed by atoms with Crippen LogP contribution in [0.15, 0.2) is 18.2 Å². The van der Waals surface area contributed by atoms with Gasteiger partial charge < -0.3 is 11.1 Å². The van der Waals surface area contributed by atoms with Gasteiger partial charge in [0.15, 0.2) is 0 Å². The average Bonchev–Trinajstić information content (AvgIpc) is 2.20. The Hall–Kier alpha value is -0.800. The van der Waals surface area contributed by atoms with Gasteiger partial charge in [0.2, 0.25) is 0 Å². The van der Waals surface area contributed by atoms with Crippen LogP contribution in [0.2, 0.25) is 5.02 Å². The van der Waals surface area contributed by atoms with E-state index in [1.807, 2.05) is 12.1 Å². The quantitative estimate of drug-likeness (QED) is 0.797. The van der Waals surface area contributed by atoms with Gasteiger partial charge in [-0.25, -0.2) is 0 Å². The second kappa shape index (κ2) is 5.33. The lowest BCUT2D eigenvalue weighted by molar-refractivity contribution is 0.764. The van der Waals surface area contributed by atoms with Crippen LogP contribution in [0.1, 0.15) is 25.8 Å². The second-order valence-electron chi connectivity index (χ2n) is 3.51. The highest BCUT2D eigenvalue weighted by molar-refractivity contribution is 7.80.